The summed E-state index contributed by atoms with van der Waals surface area (Å²) in [5.74, 6) is 1.80. The van der Waals surface area contributed by atoms with E-state index < -0.39 is 0 Å². The van der Waals surface area contributed by atoms with Gasteiger partial charge >= 0.3 is 0 Å². The molecule has 0 aliphatic carbocycles. The third-order valence-corrected chi connectivity index (χ3v) is 7.56. The number of anilines is 2. The summed E-state index contributed by atoms with van der Waals surface area (Å²) in [6, 6.07) is 18.9. The van der Waals surface area contributed by atoms with Gasteiger partial charge in [-0.25, -0.2) is 4.98 Å². The average molecular weight is 494 g/mol. The van der Waals surface area contributed by atoms with Gasteiger partial charge in [0.1, 0.15) is 12.4 Å². The minimum absolute atomic E-state index is 0.355. The highest BCUT2D eigenvalue weighted by Crippen LogP contribution is 2.40. The van der Waals surface area contributed by atoms with Gasteiger partial charge in [0, 0.05) is 52.1 Å². The fourth-order valence-corrected chi connectivity index (χ4v) is 5.49. The molecule has 188 valence electrons. The quantitative estimate of drug-likeness (QED) is 0.239. The van der Waals surface area contributed by atoms with E-state index in [1.807, 2.05) is 31.2 Å². The zero-order chi connectivity index (χ0) is 25.5. The van der Waals surface area contributed by atoms with Gasteiger partial charge in [-0.05, 0) is 49.6 Å². The molecule has 7 nitrogen and oxygen atoms in total. The second-order valence-corrected chi connectivity index (χ2v) is 9.80. The van der Waals surface area contributed by atoms with E-state index in [-0.39, 0.29) is 0 Å². The molecule has 2 aromatic heterocycles. The van der Waals surface area contributed by atoms with E-state index in [0.717, 1.165) is 57.7 Å². The Hall–Kier alpha value is -4.10. The van der Waals surface area contributed by atoms with Gasteiger partial charge in [-0.2, -0.15) is 0 Å². The number of ether oxygens (including phenoxy) is 2. The number of benzene rings is 3. The summed E-state index contributed by atoms with van der Waals surface area (Å²) in [6.45, 7) is 4.58. The predicted octanol–water partition coefficient (Wildman–Crippen LogP) is 5.46. The number of hydrogen-bond acceptors (Lipinski definition) is 7. The van der Waals surface area contributed by atoms with Crippen molar-refractivity contribution >= 4 is 44.1 Å². The van der Waals surface area contributed by atoms with Gasteiger partial charge in [-0.15, -0.1) is 0 Å². The van der Waals surface area contributed by atoms with Crippen molar-refractivity contribution < 1.29 is 9.47 Å². The lowest BCUT2D eigenvalue weighted by Crippen LogP contribution is -2.33. The van der Waals surface area contributed by atoms with Crippen molar-refractivity contribution in [1.82, 2.24) is 14.9 Å². The lowest BCUT2D eigenvalue weighted by Gasteiger charge is -2.25. The van der Waals surface area contributed by atoms with Crippen LogP contribution in [0.2, 0.25) is 0 Å². The zero-order valence-electron chi connectivity index (χ0n) is 21.2. The fraction of sp³-hybridized carbons (Fsp3) is 0.267. The molecule has 5 aromatic rings. The lowest BCUT2D eigenvalue weighted by molar-refractivity contribution is 0.164. The first-order valence-corrected chi connectivity index (χ1v) is 12.7. The Labute approximate surface area is 216 Å². The summed E-state index contributed by atoms with van der Waals surface area (Å²) in [5, 5.41) is 3.73. The minimum atomic E-state index is 0.355. The third-order valence-electron chi connectivity index (χ3n) is 7.56. The number of nitrogens with zero attached hydrogens (tertiary/aromatic N) is 3. The van der Waals surface area contributed by atoms with Crippen LogP contribution in [0, 0.1) is 6.92 Å². The maximum absolute atomic E-state index is 6.39. The number of methoxy groups -OCH3 is 1. The van der Waals surface area contributed by atoms with Gasteiger partial charge in [0.15, 0.2) is 11.5 Å². The molecule has 0 saturated carbocycles. The van der Waals surface area contributed by atoms with Crippen LogP contribution in [0.15, 0.2) is 60.8 Å². The highest BCUT2D eigenvalue weighted by atomic mass is 16.5. The first kappa shape index (κ1) is 23.3. The Kier molecular flexibility index (Phi) is 5.93. The second-order valence-electron chi connectivity index (χ2n) is 9.80. The van der Waals surface area contributed by atoms with Crippen molar-refractivity contribution in [2.75, 3.05) is 31.7 Å². The van der Waals surface area contributed by atoms with Crippen molar-refractivity contribution in [2.45, 2.75) is 32.4 Å². The first-order valence-electron chi connectivity index (χ1n) is 12.7. The normalized spacial score (nSPS) is 16.1. The maximum Gasteiger partial charge on any atom is 0.163 e. The number of nitrogens with two attached hydrogens (primary N) is 2. The molecule has 0 unspecified atom stereocenters. The molecule has 1 saturated heterocycles. The monoisotopic (exact) mass is 493 g/mol. The largest absolute Gasteiger partial charge is 0.493 e. The number of nitrogen functional groups attached to an aromatic ring is 2. The topological polar surface area (TPSA) is 99.5 Å². The van der Waals surface area contributed by atoms with Crippen molar-refractivity contribution in [3.05, 3.63) is 71.9 Å². The molecule has 37 heavy (non-hydrogen) atoms. The number of fused-ring (bicyclic) bond motifs is 5. The van der Waals surface area contributed by atoms with Crippen LogP contribution < -0.4 is 20.9 Å². The first-order chi connectivity index (χ1) is 18.0. The molecule has 0 amide bonds. The van der Waals surface area contributed by atoms with Gasteiger partial charge in [0.2, 0.25) is 0 Å². The Morgan fingerprint density at radius 3 is 2.65 bits per heavy atom. The molecule has 0 radical (unpaired) electrons. The summed E-state index contributed by atoms with van der Waals surface area (Å²) >= 11 is 0. The summed E-state index contributed by atoms with van der Waals surface area (Å²) in [4.78, 5) is 11.9. The summed E-state index contributed by atoms with van der Waals surface area (Å²) < 4.78 is 12.2. The van der Waals surface area contributed by atoms with Gasteiger partial charge < -0.3 is 20.9 Å². The molecule has 1 fully saturated rings. The van der Waals surface area contributed by atoms with Crippen LogP contribution >= 0.6 is 0 Å². The standard InChI is InChI=1S/C30H31N5O2/c1-18-24(31)11-10-21-28-22-13-26(36-2)27(14-25(22)33-15-23(28)30(32)34-29(18)21)37-17-20-9-6-12-35(20)16-19-7-4-3-5-8-19/h3-5,7-8,10-11,13-15,20H,6,9,12,16-17,31H2,1-2H3,(H2,32,34)/t20-/m0/s1. The Bertz CT molecular complexity index is 1620. The Balaban J connectivity index is 1.36. The Morgan fingerprint density at radius 2 is 1.84 bits per heavy atom. The highest BCUT2D eigenvalue weighted by molar-refractivity contribution is 6.21. The predicted molar refractivity (Wildman–Crippen MR) is 150 cm³/mol. The summed E-state index contributed by atoms with van der Waals surface area (Å²) in [6.07, 6.45) is 4.09. The van der Waals surface area contributed by atoms with Gasteiger partial charge in [0.05, 0.1) is 18.1 Å². The van der Waals surface area contributed by atoms with Crippen molar-refractivity contribution in [3.63, 3.8) is 0 Å². The SMILES string of the molecule is COc1cc2c(cc1OC[C@@H]1CCCN1Cc1ccccc1)ncc1c(N)nc3c(C)c(N)ccc3c12. The summed E-state index contributed by atoms with van der Waals surface area (Å²) in [7, 11) is 1.67. The number of likely N-dealkylation sites (tertiary alicyclic amines) is 1. The number of aromatic nitrogens is 2. The number of rotatable bonds is 6. The molecule has 1 atom stereocenters. The van der Waals surface area contributed by atoms with Crippen LogP contribution in [0.5, 0.6) is 11.5 Å². The molecule has 3 heterocycles. The van der Waals surface area contributed by atoms with Crippen LogP contribution in [0.1, 0.15) is 24.0 Å². The second kappa shape index (κ2) is 9.41. The van der Waals surface area contributed by atoms with E-state index in [9.17, 15) is 0 Å². The van der Waals surface area contributed by atoms with Crippen LogP contribution in [0.3, 0.4) is 0 Å². The van der Waals surface area contributed by atoms with Gasteiger partial charge in [-0.1, -0.05) is 36.4 Å². The molecule has 4 N–H and O–H groups in total. The van der Waals surface area contributed by atoms with E-state index in [1.165, 1.54) is 12.0 Å². The molecular weight excluding hydrogens is 462 g/mol. The van der Waals surface area contributed by atoms with E-state index in [4.69, 9.17) is 25.9 Å². The van der Waals surface area contributed by atoms with Gasteiger partial charge in [-0.3, -0.25) is 9.88 Å². The van der Waals surface area contributed by atoms with E-state index in [1.54, 1.807) is 13.3 Å². The number of pyridine rings is 2. The molecule has 7 heteroatoms. The minimum Gasteiger partial charge on any atom is -0.493 e. The van der Waals surface area contributed by atoms with Crippen LogP contribution in [0.4, 0.5) is 11.5 Å². The molecule has 3 aromatic carbocycles. The molecule has 0 spiro atoms. The highest BCUT2D eigenvalue weighted by Gasteiger charge is 2.26. The fourth-order valence-electron chi connectivity index (χ4n) is 5.49. The smallest absolute Gasteiger partial charge is 0.163 e. The Morgan fingerprint density at radius 1 is 1.00 bits per heavy atom. The van der Waals surface area contributed by atoms with Crippen molar-refractivity contribution in [2.24, 2.45) is 0 Å². The lowest BCUT2D eigenvalue weighted by atomic mass is 9.99. The molecule has 1 aliphatic rings. The van der Waals surface area contributed by atoms with E-state index in [2.05, 4.69) is 40.2 Å². The zero-order valence-corrected chi connectivity index (χ0v) is 21.2. The molecule has 1 aliphatic heterocycles. The molecule has 0 bridgehead atoms. The number of hydrogen-bond donors (Lipinski definition) is 2. The van der Waals surface area contributed by atoms with Crippen LogP contribution in [-0.4, -0.2) is 41.2 Å². The third kappa shape index (κ3) is 4.15. The van der Waals surface area contributed by atoms with Crippen LogP contribution in [0.25, 0.3) is 32.6 Å². The van der Waals surface area contributed by atoms with E-state index >= 15 is 0 Å². The van der Waals surface area contributed by atoms with Gasteiger partial charge in [0.25, 0.3) is 0 Å². The van der Waals surface area contributed by atoms with Crippen LogP contribution in [-0.2, 0) is 6.54 Å². The maximum atomic E-state index is 6.39. The van der Waals surface area contributed by atoms with Crippen molar-refractivity contribution in [3.8, 4) is 11.5 Å². The van der Waals surface area contributed by atoms with E-state index in [0.29, 0.717) is 35.7 Å². The molecule has 6 rings (SSSR count). The molecular formula is C30H31N5O2. The number of aryl methyl sites for hydroxylation is 1. The van der Waals surface area contributed by atoms with Crippen molar-refractivity contribution in [1.29, 1.82) is 0 Å². The average Bonchev–Trinajstić information content (AvgIpc) is 3.36. The summed E-state index contributed by atoms with van der Waals surface area (Å²) in [5.41, 5.74) is 17.1.